The van der Waals surface area contributed by atoms with Crippen molar-refractivity contribution in [2.24, 2.45) is 0 Å². The Morgan fingerprint density at radius 3 is 1.13 bits per heavy atom. The summed E-state index contributed by atoms with van der Waals surface area (Å²) in [5.74, 6) is -0.258. The van der Waals surface area contributed by atoms with Crippen molar-refractivity contribution in [3.8, 4) is 0 Å². The molecule has 0 rings (SSSR count). The molecule has 0 unspecified atom stereocenters. The molecule has 0 aliphatic rings. The Morgan fingerprint density at radius 2 is 0.839 bits per heavy atom. The third-order valence-corrected chi connectivity index (χ3v) is 6.56. The fourth-order valence-electron chi connectivity index (χ4n) is 4.00. The van der Waals surface area contributed by atoms with Crippen LogP contribution in [-0.4, -0.2) is 18.7 Å². The largest absolute Gasteiger partial charge is 1.00 e. The average molecular weight is 469 g/mol. The molecule has 182 valence electrons. The summed E-state index contributed by atoms with van der Waals surface area (Å²) in [6, 6.07) is 0. The molecule has 0 atom stereocenters. The van der Waals surface area contributed by atoms with Gasteiger partial charge in [-0.05, 0) is 12.8 Å². The zero-order chi connectivity index (χ0) is 22.2. The maximum atomic E-state index is 10.6. The van der Waals surface area contributed by atoms with Crippen molar-refractivity contribution in [1.82, 2.24) is 0 Å². The van der Waals surface area contributed by atoms with Crippen molar-refractivity contribution in [2.45, 2.75) is 148 Å². The van der Waals surface area contributed by atoms with Gasteiger partial charge in [0.1, 0.15) is 0 Å². The van der Waals surface area contributed by atoms with Gasteiger partial charge in [-0.1, -0.05) is 147 Å². The van der Waals surface area contributed by atoms with E-state index < -0.39 is 10.1 Å². The number of hydrogen-bond acceptors (Lipinski definition) is 2. The first-order chi connectivity index (χ1) is 14.6. The Kier molecular flexibility index (Phi) is 29.3. The fraction of sp³-hybridized carbons (Fsp3) is 0.923. The molecular formula is C26H53NaO3S. The van der Waals surface area contributed by atoms with Crippen LogP contribution in [0.3, 0.4) is 0 Å². The second kappa shape index (κ2) is 26.9. The van der Waals surface area contributed by atoms with Gasteiger partial charge in [0, 0.05) is 0 Å². The van der Waals surface area contributed by atoms with Gasteiger partial charge in [-0.2, -0.15) is 8.42 Å². The maximum Gasteiger partial charge on any atom is 1.00 e. The summed E-state index contributed by atoms with van der Waals surface area (Å²) in [5.41, 5.74) is 0. The molecular weight excluding hydrogens is 415 g/mol. The van der Waals surface area contributed by atoms with Crippen LogP contribution >= 0.6 is 0 Å². The molecule has 0 aliphatic heterocycles. The van der Waals surface area contributed by atoms with Crippen LogP contribution in [0.15, 0.2) is 12.2 Å². The van der Waals surface area contributed by atoms with E-state index in [1.54, 1.807) is 6.08 Å². The topological polar surface area (TPSA) is 54.4 Å². The number of allylic oxidation sites excluding steroid dienone is 1. The van der Waals surface area contributed by atoms with Crippen LogP contribution in [0.5, 0.6) is 0 Å². The molecule has 0 saturated heterocycles. The van der Waals surface area contributed by atoms with E-state index >= 15 is 0 Å². The van der Waals surface area contributed by atoms with Crippen molar-refractivity contribution in [3.63, 3.8) is 0 Å². The number of rotatable bonds is 24. The molecule has 3 nitrogen and oxygen atoms in total. The molecule has 0 aromatic rings. The molecule has 0 bridgehead atoms. The molecule has 0 heterocycles. The Bertz CT molecular complexity index is 470. The molecule has 0 amide bonds. The molecule has 0 aliphatic carbocycles. The quantitative estimate of drug-likeness (QED) is 0.0800. The minimum absolute atomic E-state index is 0. The Hall–Kier alpha value is 0.650. The predicted octanol–water partition coefficient (Wildman–Crippen LogP) is 6.15. The van der Waals surface area contributed by atoms with E-state index in [1.165, 1.54) is 128 Å². The van der Waals surface area contributed by atoms with Gasteiger partial charge in [-0.25, -0.2) is 0 Å². The van der Waals surface area contributed by atoms with E-state index in [2.05, 4.69) is 6.92 Å². The first-order valence-corrected chi connectivity index (χ1v) is 14.8. The summed E-state index contributed by atoms with van der Waals surface area (Å²) < 4.78 is 29.7. The summed E-state index contributed by atoms with van der Waals surface area (Å²) in [4.78, 5) is 0. The standard InChI is InChI=1S/C26H52O3S.Na.H/c1-2-3-4-5-6-7-8-9-10-11-12-13-14-15-16-17-18-19-20-21-22-23-24-25-26-30(27,28)29;;/h24-25H,2-23,26H2,1H3,(H,27,28,29);;/q;+1;-1. The van der Waals surface area contributed by atoms with Gasteiger partial charge >= 0.3 is 29.6 Å². The van der Waals surface area contributed by atoms with Crippen molar-refractivity contribution < 1.29 is 44.0 Å². The second-order valence-electron chi connectivity index (χ2n) is 9.08. The zero-order valence-electron chi connectivity index (χ0n) is 22.1. The van der Waals surface area contributed by atoms with Crippen molar-refractivity contribution >= 4 is 10.1 Å². The van der Waals surface area contributed by atoms with Gasteiger partial charge in [-0.15, -0.1) is 0 Å². The summed E-state index contributed by atoms with van der Waals surface area (Å²) in [6.45, 7) is 2.29. The summed E-state index contributed by atoms with van der Waals surface area (Å²) in [7, 11) is -3.84. The molecule has 0 aromatic heterocycles. The first kappa shape index (κ1) is 33.8. The third kappa shape index (κ3) is 32.9. The summed E-state index contributed by atoms with van der Waals surface area (Å²) in [5, 5.41) is 0. The van der Waals surface area contributed by atoms with Gasteiger partial charge < -0.3 is 1.43 Å². The zero-order valence-corrected chi connectivity index (χ0v) is 23.9. The third-order valence-electron chi connectivity index (χ3n) is 5.95. The summed E-state index contributed by atoms with van der Waals surface area (Å²) >= 11 is 0. The van der Waals surface area contributed by atoms with Gasteiger partial charge in [0.15, 0.2) is 0 Å². The predicted molar refractivity (Wildman–Crippen MR) is 134 cm³/mol. The monoisotopic (exact) mass is 468 g/mol. The van der Waals surface area contributed by atoms with Crippen molar-refractivity contribution in [2.75, 3.05) is 5.75 Å². The summed E-state index contributed by atoms with van der Waals surface area (Å²) in [6.07, 6.45) is 33.5. The van der Waals surface area contributed by atoms with Gasteiger partial charge in [0.05, 0.1) is 5.75 Å². The van der Waals surface area contributed by atoms with Crippen LogP contribution < -0.4 is 29.6 Å². The molecule has 0 saturated carbocycles. The van der Waals surface area contributed by atoms with E-state index in [9.17, 15) is 8.42 Å². The average Bonchev–Trinajstić information content (AvgIpc) is 2.70. The minimum Gasteiger partial charge on any atom is -1.00 e. The maximum absolute atomic E-state index is 10.6. The molecule has 0 fully saturated rings. The van der Waals surface area contributed by atoms with E-state index in [4.69, 9.17) is 4.55 Å². The Balaban J connectivity index is -0.00000420. The van der Waals surface area contributed by atoms with E-state index in [0.29, 0.717) is 0 Å². The van der Waals surface area contributed by atoms with E-state index in [1.807, 2.05) is 6.08 Å². The van der Waals surface area contributed by atoms with Crippen LogP contribution in [-0.2, 0) is 10.1 Å². The molecule has 1 N–H and O–H groups in total. The van der Waals surface area contributed by atoms with Gasteiger partial charge in [0.2, 0.25) is 0 Å². The molecule has 5 heteroatoms. The smallest absolute Gasteiger partial charge is 1.00 e. The normalized spacial score (nSPS) is 11.8. The van der Waals surface area contributed by atoms with Crippen molar-refractivity contribution in [3.05, 3.63) is 12.2 Å². The van der Waals surface area contributed by atoms with E-state index in [-0.39, 0.29) is 36.7 Å². The molecule has 0 radical (unpaired) electrons. The van der Waals surface area contributed by atoms with E-state index in [0.717, 1.165) is 12.8 Å². The molecule has 31 heavy (non-hydrogen) atoms. The Labute approximate surface area is 219 Å². The van der Waals surface area contributed by atoms with Crippen molar-refractivity contribution in [1.29, 1.82) is 0 Å². The number of hydrogen-bond donors (Lipinski definition) is 1. The molecule has 0 spiro atoms. The van der Waals surface area contributed by atoms with Gasteiger partial charge in [-0.3, -0.25) is 4.55 Å². The Morgan fingerprint density at radius 1 is 0.548 bits per heavy atom. The van der Waals surface area contributed by atoms with Crippen LogP contribution in [0.2, 0.25) is 0 Å². The minimum atomic E-state index is -3.84. The fourth-order valence-corrected chi connectivity index (χ4v) is 4.38. The van der Waals surface area contributed by atoms with Crippen LogP contribution in [0, 0.1) is 0 Å². The van der Waals surface area contributed by atoms with Crippen LogP contribution in [0.1, 0.15) is 150 Å². The van der Waals surface area contributed by atoms with Gasteiger partial charge in [0.25, 0.3) is 10.1 Å². The second-order valence-corrected chi connectivity index (χ2v) is 10.6. The number of unbranched alkanes of at least 4 members (excludes halogenated alkanes) is 21. The van der Waals surface area contributed by atoms with Crippen LogP contribution in [0.25, 0.3) is 0 Å². The molecule has 0 aromatic carbocycles. The van der Waals surface area contributed by atoms with Crippen LogP contribution in [0.4, 0.5) is 0 Å². The SMILES string of the molecule is CCCCCCCCCCCCCCCCCCCCCCCC=CCS(=O)(=O)O.[H-].[Na+]. The first-order valence-electron chi connectivity index (χ1n) is 13.2.